The maximum atomic E-state index is 11.4. The molecule has 0 heterocycles. The Hall–Kier alpha value is -1.71. The number of aliphatic carboxylic acids is 1. The monoisotopic (exact) mass is 236 g/mol. The molecule has 1 fully saturated rings. The van der Waals surface area contributed by atoms with E-state index < -0.39 is 11.9 Å². The van der Waals surface area contributed by atoms with E-state index in [9.17, 15) is 9.90 Å². The lowest BCUT2D eigenvalue weighted by Crippen LogP contribution is -2.14. The lowest BCUT2D eigenvalue weighted by molar-refractivity contribution is -0.139. The molecule has 1 N–H and O–H groups in total. The molecule has 1 aliphatic carbocycles. The van der Waals surface area contributed by atoms with Crippen molar-refractivity contribution in [2.45, 2.75) is 18.8 Å². The highest BCUT2D eigenvalue weighted by atomic mass is 16.5. The number of hydrogen-bond donors (Lipinski definition) is 1. The van der Waals surface area contributed by atoms with Crippen LogP contribution in [0.25, 0.3) is 0 Å². The Labute approximate surface area is 100 Å². The largest absolute Gasteiger partial charge is 0.497 e. The summed E-state index contributed by atoms with van der Waals surface area (Å²) in [5.74, 6) is 0.227. The van der Waals surface area contributed by atoms with Gasteiger partial charge in [-0.2, -0.15) is 0 Å². The second kappa shape index (κ2) is 4.65. The van der Waals surface area contributed by atoms with Gasteiger partial charge in [0, 0.05) is 5.56 Å². The molecule has 1 unspecified atom stereocenters. The molecule has 2 rings (SSSR count). The van der Waals surface area contributed by atoms with Crippen molar-refractivity contribution < 1.29 is 19.4 Å². The van der Waals surface area contributed by atoms with Gasteiger partial charge in [0.1, 0.15) is 11.5 Å². The van der Waals surface area contributed by atoms with Crippen LogP contribution in [0.3, 0.4) is 0 Å². The minimum absolute atomic E-state index is 0.230. The van der Waals surface area contributed by atoms with Crippen LogP contribution in [0.2, 0.25) is 0 Å². The Kier molecular flexibility index (Phi) is 3.22. The summed E-state index contributed by atoms with van der Waals surface area (Å²) >= 11 is 0. The van der Waals surface area contributed by atoms with E-state index in [-0.39, 0.29) is 5.92 Å². The zero-order chi connectivity index (χ0) is 12.4. The number of methoxy groups -OCH3 is 2. The first kappa shape index (κ1) is 11.8. The fourth-order valence-corrected chi connectivity index (χ4v) is 2.10. The van der Waals surface area contributed by atoms with Crippen LogP contribution in [0.5, 0.6) is 11.5 Å². The number of carboxylic acid groups (broad SMARTS) is 1. The van der Waals surface area contributed by atoms with E-state index in [0.29, 0.717) is 17.1 Å². The van der Waals surface area contributed by atoms with Gasteiger partial charge in [-0.1, -0.05) is 0 Å². The van der Waals surface area contributed by atoms with Crippen LogP contribution in [-0.2, 0) is 4.79 Å². The normalized spacial score (nSPS) is 16.4. The third kappa shape index (κ3) is 2.35. The molecule has 4 heteroatoms. The number of carbonyl (C=O) groups is 1. The van der Waals surface area contributed by atoms with Crippen molar-refractivity contribution in [1.29, 1.82) is 0 Å². The van der Waals surface area contributed by atoms with Gasteiger partial charge in [0.25, 0.3) is 0 Å². The van der Waals surface area contributed by atoms with Gasteiger partial charge in [0.2, 0.25) is 0 Å². The predicted molar refractivity (Wildman–Crippen MR) is 62.6 cm³/mol. The van der Waals surface area contributed by atoms with E-state index in [2.05, 4.69) is 0 Å². The lowest BCUT2D eigenvalue weighted by atomic mass is 9.93. The van der Waals surface area contributed by atoms with Crippen molar-refractivity contribution >= 4 is 5.97 Å². The second-order valence-electron chi connectivity index (χ2n) is 4.26. The molecular weight excluding hydrogens is 220 g/mol. The minimum atomic E-state index is -0.793. The molecule has 0 saturated heterocycles. The number of rotatable bonds is 5. The summed E-state index contributed by atoms with van der Waals surface area (Å²) in [6.45, 7) is 0. The van der Waals surface area contributed by atoms with Gasteiger partial charge in [-0.05, 0) is 37.0 Å². The standard InChI is InChI=1S/C13H16O4/c1-16-9-5-6-11(17-2)10(7-9)12(13(14)15)8-3-4-8/h5-8,12H,3-4H2,1-2H3,(H,14,15). The summed E-state index contributed by atoms with van der Waals surface area (Å²) in [7, 11) is 3.12. The van der Waals surface area contributed by atoms with Crippen LogP contribution in [0.15, 0.2) is 18.2 Å². The van der Waals surface area contributed by atoms with E-state index >= 15 is 0 Å². The molecule has 0 bridgehead atoms. The van der Waals surface area contributed by atoms with Gasteiger partial charge < -0.3 is 14.6 Å². The van der Waals surface area contributed by atoms with Crippen LogP contribution >= 0.6 is 0 Å². The number of ether oxygens (including phenoxy) is 2. The van der Waals surface area contributed by atoms with Crippen molar-refractivity contribution in [3.05, 3.63) is 23.8 Å². The highest BCUT2D eigenvalue weighted by Gasteiger charge is 2.39. The summed E-state index contributed by atoms with van der Waals surface area (Å²) in [6, 6.07) is 5.29. The highest BCUT2D eigenvalue weighted by molar-refractivity contribution is 5.78. The second-order valence-corrected chi connectivity index (χ2v) is 4.26. The van der Waals surface area contributed by atoms with Gasteiger partial charge in [-0.3, -0.25) is 4.79 Å². The third-order valence-electron chi connectivity index (χ3n) is 3.13. The summed E-state index contributed by atoms with van der Waals surface area (Å²) in [6.07, 6.45) is 1.94. The molecule has 1 atom stereocenters. The Balaban J connectivity index is 2.42. The summed E-state index contributed by atoms with van der Waals surface area (Å²) < 4.78 is 10.4. The highest BCUT2D eigenvalue weighted by Crippen LogP contribution is 2.46. The van der Waals surface area contributed by atoms with Gasteiger partial charge >= 0.3 is 5.97 Å². The molecule has 92 valence electrons. The third-order valence-corrected chi connectivity index (χ3v) is 3.13. The fourth-order valence-electron chi connectivity index (χ4n) is 2.10. The van der Waals surface area contributed by atoms with E-state index in [1.165, 1.54) is 0 Å². The molecule has 17 heavy (non-hydrogen) atoms. The Morgan fingerprint density at radius 2 is 2.06 bits per heavy atom. The molecule has 0 aromatic heterocycles. The van der Waals surface area contributed by atoms with Crippen LogP contribution in [0.4, 0.5) is 0 Å². The van der Waals surface area contributed by atoms with E-state index in [0.717, 1.165) is 12.8 Å². The predicted octanol–water partition coefficient (Wildman–Crippen LogP) is 2.28. The molecule has 0 radical (unpaired) electrons. The van der Waals surface area contributed by atoms with Crippen molar-refractivity contribution in [2.24, 2.45) is 5.92 Å². The number of benzene rings is 1. The molecule has 1 saturated carbocycles. The zero-order valence-corrected chi connectivity index (χ0v) is 9.97. The average molecular weight is 236 g/mol. The van der Waals surface area contributed by atoms with Gasteiger partial charge in [0.05, 0.1) is 20.1 Å². The van der Waals surface area contributed by atoms with Crippen molar-refractivity contribution in [2.75, 3.05) is 14.2 Å². The quantitative estimate of drug-likeness (QED) is 0.852. The SMILES string of the molecule is COc1ccc(OC)c(C(C(=O)O)C2CC2)c1. The smallest absolute Gasteiger partial charge is 0.311 e. The Bertz CT molecular complexity index is 423. The molecule has 4 nitrogen and oxygen atoms in total. The maximum Gasteiger partial charge on any atom is 0.311 e. The molecule has 0 spiro atoms. The Morgan fingerprint density at radius 1 is 1.35 bits per heavy atom. The van der Waals surface area contributed by atoms with E-state index in [4.69, 9.17) is 9.47 Å². The van der Waals surface area contributed by atoms with Gasteiger partial charge in [-0.15, -0.1) is 0 Å². The van der Waals surface area contributed by atoms with Gasteiger partial charge in [-0.25, -0.2) is 0 Å². The van der Waals surface area contributed by atoms with Crippen molar-refractivity contribution in [3.8, 4) is 11.5 Å². The molecular formula is C13H16O4. The Morgan fingerprint density at radius 3 is 2.53 bits per heavy atom. The lowest BCUT2D eigenvalue weighted by Gasteiger charge is -2.16. The van der Waals surface area contributed by atoms with Crippen LogP contribution < -0.4 is 9.47 Å². The fraction of sp³-hybridized carbons (Fsp3) is 0.462. The summed E-state index contributed by atoms with van der Waals surface area (Å²) in [5.41, 5.74) is 0.710. The molecule has 1 aromatic rings. The molecule has 1 aromatic carbocycles. The van der Waals surface area contributed by atoms with Crippen LogP contribution in [0.1, 0.15) is 24.3 Å². The van der Waals surface area contributed by atoms with E-state index in [1.54, 1.807) is 32.4 Å². The van der Waals surface area contributed by atoms with Crippen molar-refractivity contribution in [3.63, 3.8) is 0 Å². The zero-order valence-electron chi connectivity index (χ0n) is 9.97. The number of hydrogen-bond acceptors (Lipinski definition) is 3. The molecule has 0 aliphatic heterocycles. The molecule has 0 amide bonds. The average Bonchev–Trinajstić information content (AvgIpc) is 3.13. The maximum absolute atomic E-state index is 11.4. The van der Waals surface area contributed by atoms with Crippen LogP contribution in [-0.4, -0.2) is 25.3 Å². The first-order valence-electron chi connectivity index (χ1n) is 5.62. The first-order chi connectivity index (χ1) is 8.17. The number of carboxylic acids is 1. The topological polar surface area (TPSA) is 55.8 Å². The van der Waals surface area contributed by atoms with E-state index in [1.807, 2.05) is 0 Å². The van der Waals surface area contributed by atoms with Crippen molar-refractivity contribution in [1.82, 2.24) is 0 Å². The minimum Gasteiger partial charge on any atom is -0.497 e. The van der Waals surface area contributed by atoms with Crippen LogP contribution in [0, 0.1) is 5.92 Å². The summed E-state index contributed by atoms with van der Waals surface area (Å²) in [4.78, 5) is 11.4. The summed E-state index contributed by atoms with van der Waals surface area (Å²) in [5, 5.41) is 9.32. The molecule has 1 aliphatic rings. The first-order valence-corrected chi connectivity index (χ1v) is 5.62. The van der Waals surface area contributed by atoms with Gasteiger partial charge in [0.15, 0.2) is 0 Å².